The highest BCUT2D eigenvalue weighted by molar-refractivity contribution is 5.93. The first-order valence-electron chi connectivity index (χ1n) is 8.93. The summed E-state index contributed by atoms with van der Waals surface area (Å²) < 4.78 is 3.46. The Morgan fingerprint density at radius 2 is 2.04 bits per heavy atom. The molecule has 2 aromatic rings. The molecule has 0 saturated carbocycles. The molecule has 9 heteroatoms. The van der Waals surface area contributed by atoms with Gasteiger partial charge in [0.25, 0.3) is 11.8 Å². The number of aromatic nitrogens is 5. The summed E-state index contributed by atoms with van der Waals surface area (Å²) in [7, 11) is 0. The van der Waals surface area contributed by atoms with E-state index in [1.54, 1.807) is 27.0 Å². The third-order valence-electron chi connectivity index (χ3n) is 4.72. The topological polar surface area (TPSA) is 89.2 Å². The van der Waals surface area contributed by atoms with Crippen LogP contribution in [0.4, 0.5) is 0 Å². The lowest BCUT2D eigenvalue weighted by molar-refractivity contribution is 0.0397. The zero-order valence-corrected chi connectivity index (χ0v) is 15.7. The second kappa shape index (κ2) is 7.27. The summed E-state index contributed by atoms with van der Waals surface area (Å²) in [6, 6.07) is 0.0646. The molecule has 9 nitrogen and oxygen atoms in total. The van der Waals surface area contributed by atoms with Crippen molar-refractivity contribution in [2.75, 3.05) is 19.6 Å². The molecule has 0 aliphatic carbocycles. The standard InChI is InChI=1S/C17H25N7O2/c1-5-24-15(19-10-20-24)17(26)22-7-6-21(9-13(22)4)16(25)14-8-18-11-23(14)12(2)3/h8,10-13H,5-7,9H2,1-4H3/t13-/m0/s1. The van der Waals surface area contributed by atoms with Gasteiger partial charge in [0.15, 0.2) is 0 Å². The number of amides is 2. The Morgan fingerprint density at radius 1 is 1.27 bits per heavy atom. The molecule has 1 aliphatic rings. The van der Waals surface area contributed by atoms with E-state index in [0.29, 0.717) is 37.7 Å². The fraction of sp³-hybridized carbons (Fsp3) is 0.588. The van der Waals surface area contributed by atoms with Crippen LogP contribution in [0, 0.1) is 0 Å². The molecule has 140 valence electrons. The molecular weight excluding hydrogens is 334 g/mol. The molecule has 2 aromatic heterocycles. The largest absolute Gasteiger partial charge is 0.333 e. The Labute approximate surface area is 152 Å². The van der Waals surface area contributed by atoms with Crippen molar-refractivity contribution >= 4 is 11.8 Å². The van der Waals surface area contributed by atoms with Gasteiger partial charge in [-0.15, -0.1) is 0 Å². The van der Waals surface area contributed by atoms with Crippen molar-refractivity contribution in [3.63, 3.8) is 0 Å². The van der Waals surface area contributed by atoms with E-state index in [4.69, 9.17) is 0 Å². The predicted octanol–water partition coefficient (Wildman–Crippen LogP) is 1.06. The van der Waals surface area contributed by atoms with Gasteiger partial charge in [-0.25, -0.2) is 14.6 Å². The van der Waals surface area contributed by atoms with Gasteiger partial charge >= 0.3 is 0 Å². The minimum Gasteiger partial charge on any atom is -0.333 e. The molecule has 0 radical (unpaired) electrons. The number of imidazole rings is 1. The van der Waals surface area contributed by atoms with Gasteiger partial charge in [0, 0.05) is 38.3 Å². The van der Waals surface area contributed by atoms with E-state index in [-0.39, 0.29) is 23.9 Å². The fourth-order valence-electron chi connectivity index (χ4n) is 3.28. The molecule has 1 saturated heterocycles. The van der Waals surface area contributed by atoms with Crippen LogP contribution in [0.1, 0.15) is 54.8 Å². The van der Waals surface area contributed by atoms with E-state index in [9.17, 15) is 9.59 Å². The number of nitrogens with zero attached hydrogens (tertiary/aromatic N) is 7. The average Bonchev–Trinajstić information content (AvgIpc) is 3.29. The maximum absolute atomic E-state index is 12.9. The maximum Gasteiger partial charge on any atom is 0.291 e. The summed E-state index contributed by atoms with van der Waals surface area (Å²) in [5.74, 6) is 0.153. The second-order valence-electron chi connectivity index (χ2n) is 6.78. The van der Waals surface area contributed by atoms with Crippen molar-refractivity contribution < 1.29 is 9.59 Å². The lowest BCUT2D eigenvalue weighted by atomic mass is 10.1. The third-order valence-corrected chi connectivity index (χ3v) is 4.72. The Morgan fingerprint density at radius 3 is 2.69 bits per heavy atom. The van der Waals surface area contributed by atoms with Crippen LogP contribution in [0.2, 0.25) is 0 Å². The van der Waals surface area contributed by atoms with E-state index in [1.807, 2.05) is 32.3 Å². The molecule has 3 rings (SSSR count). The Bertz CT molecular complexity index is 795. The van der Waals surface area contributed by atoms with E-state index in [2.05, 4.69) is 15.1 Å². The average molecular weight is 359 g/mol. The zero-order chi connectivity index (χ0) is 18.8. The van der Waals surface area contributed by atoms with Crippen molar-refractivity contribution in [1.29, 1.82) is 0 Å². The first-order chi connectivity index (χ1) is 12.4. The van der Waals surface area contributed by atoms with Gasteiger partial charge in [-0.3, -0.25) is 9.59 Å². The number of aryl methyl sites for hydroxylation is 1. The van der Waals surface area contributed by atoms with Gasteiger partial charge < -0.3 is 14.4 Å². The van der Waals surface area contributed by atoms with Gasteiger partial charge in [0.05, 0.1) is 12.5 Å². The highest BCUT2D eigenvalue weighted by Gasteiger charge is 2.33. The van der Waals surface area contributed by atoms with Crippen LogP contribution in [0.3, 0.4) is 0 Å². The quantitative estimate of drug-likeness (QED) is 0.814. The first-order valence-corrected chi connectivity index (χ1v) is 8.93. The van der Waals surface area contributed by atoms with Crippen LogP contribution in [0.15, 0.2) is 18.9 Å². The normalized spacial score (nSPS) is 17.8. The lowest BCUT2D eigenvalue weighted by Gasteiger charge is -2.39. The highest BCUT2D eigenvalue weighted by Crippen LogP contribution is 2.17. The number of carbonyl (C=O) groups excluding carboxylic acids is 2. The molecule has 0 bridgehead atoms. The lowest BCUT2D eigenvalue weighted by Crippen LogP contribution is -2.56. The van der Waals surface area contributed by atoms with Crippen molar-refractivity contribution in [3.8, 4) is 0 Å². The van der Waals surface area contributed by atoms with E-state index in [1.165, 1.54) is 6.33 Å². The smallest absolute Gasteiger partial charge is 0.291 e. The minimum absolute atomic E-state index is 0.0492. The van der Waals surface area contributed by atoms with Crippen LogP contribution in [0.25, 0.3) is 0 Å². The summed E-state index contributed by atoms with van der Waals surface area (Å²) in [5, 5.41) is 4.06. The molecule has 1 aliphatic heterocycles. The zero-order valence-electron chi connectivity index (χ0n) is 15.7. The van der Waals surface area contributed by atoms with E-state index < -0.39 is 0 Å². The molecule has 26 heavy (non-hydrogen) atoms. The molecule has 1 fully saturated rings. The number of hydrogen-bond donors (Lipinski definition) is 0. The SMILES string of the molecule is CCn1ncnc1C(=O)N1CCN(C(=O)c2cncn2C(C)C)C[C@@H]1C. The minimum atomic E-state index is -0.142. The van der Waals surface area contributed by atoms with Gasteiger partial charge in [0.2, 0.25) is 5.82 Å². The van der Waals surface area contributed by atoms with Crippen molar-refractivity contribution in [2.24, 2.45) is 0 Å². The van der Waals surface area contributed by atoms with E-state index >= 15 is 0 Å². The molecule has 0 spiro atoms. The highest BCUT2D eigenvalue weighted by atomic mass is 16.2. The summed E-state index contributed by atoms with van der Waals surface area (Å²) >= 11 is 0. The van der Waals surface area contributed by atoms with Crippen LogP contribution >= 0.6 is 0 Å². The Balaban J connectivity index is 1.71. The van der Waals surface area contributed by atoms with Gasteiger partial charge in [-0.2, -0.15) is 5.10 Å². The molecule has 0 unspecified atom stereocenters. The molecule has 3 heterocycles. The Kier molecular flexibility index (Phi) is 5.06. The van der Waals surface area contributed by atoms with Crippen molar-refractivity contribution in [1.82, 2.24) is 34.1 Å². The van der Waals surface area contributed by atoms with Gasteiger partial charge in [-0.1, -0.05) is 0 Å². The molecule has 0 N–H and O–H groups in total. The fourth-order valence-corrected chi connectivity index (χ4v) is 3.28. The summed E-state index contributed by atoms with van der Waals surface area (Å²) in [4.78, 5) is 37.4. The predicted molar refractivity (Wildman–Crippen MR) is 94.7 cm³/mol. The maximum atomic E-state index is 12.9. The molecule has 2 amide bonds. The monoisotopic (exact) mass is 359 g/mol. The molecular formula is C17H25N7O2. The number of piperazine rings is 1. The number of carbonyl (C=O) groups is 2. The third kappa shape index (κ3) is 3.21. The molecule has 0 aromatic carbocycles. The summed E-state index contributed by atoms with van der Waals surface area (Å²) in [6.07, 6.45) is 4.68. The number of hydrogen-bond acceptors (Lipinski definition) is 5. The first kappa shape index (κ1) is 18.1. The molecule has 1 atom stereocenters. The van der Waals surface area contributed by atoms with Gasteiger partial charge in [0.1, 0.15) is 12.0 Å². The van der Waals surface area contributed by atoms with Gasteiger partial charge in [-0.05, 0) is 27.7 Å². The van der Waals surface area contributed by atoms with Crippen molar-refractivity contribution in [2.45, 2.75) is 46.3 Å². The van der Waals surface area contributed by atoms with Crippen LogP contribution in [-0.2, 0) is 6.54 Å². The van der Waals surface area contributed by atoms with E-state index in [0.717, 1.165) is 0 Å². The summed E-state index contributed by atoms with van der Waals surface area (Å²) in [6.45, 7) is 9.92. The van der Waals surface area contributed by atoms with Crippen LogP contribution < -0.4 is 0 Å². The Hall–Kier alpha value is -2.71. The second-order valence-corrected chi connectivity index (χ2v) is 6.78. The summed E-state index contributed by atoms with van der Waals surface area (Å²) in [5.41, 5.74) is 0.581. The van der Waals surface area contributed by atoms with Crippen LogP contribution in [0.5, 0.6) is 0 Å². The number of rotatable bonds is 4. The van der Waals surface area contributed by atoms with Crippen molar-refractivity contribution in [3.05, 3.63) is 30.4 Å². The van der Waals surface area contributed by atoms with Crippen LogP contribution in [-0.4, -0.2) is 71.6 Å².